The van der Waals surface area contributed by atoms with Crippen LogP contribution in [0.5, 0.6) is 0 Å². The standard InChI is InChI=1S/C17H28N4O4S/c1-17(2)10-13(12-21(17)16(22)23)6-4-5-9-20(3)15-8-7-14(11-19-15)26(18,24)25/h7-8,11,13H,4-6,9-10,12H2,1-3H3,(H,22,23)(H2,18,24,25). The summed E-state index contributed by atoms with van der Waals surface area (Å²) in [6, 6.07) is 3.10. The molecule has 0 bridgehead atoms. The van der Waals surface area contributed by atoms with Gasteiger partial charge in [-0.05, 0) is 51.2 Å². The third-order valence-corrected chi connectivity index (χ3v) is 5.89. The SMILES string of the molecule is CN(CCCCC1CN(C(=O)O)C(C)(C)C1)c1ccc(S(N)(=O)=O)cn1. The fraction of sp³-hybridized carbons (Fsp3) is 0.647. The number of amides is 1. The summed E-state index contributed by atoms with van der Waals surface area (Å²) in [6.45, 7) is 5.35. The van der Waals surface area contributed by atoms with Crippen LogP contribution in [-0.4, -0.2) is 55.2 Å². The third kappa shape index (κ3) is 5.07. The normalized spacial score (nSPS) is 19.5. The second-order valence-corrected chi connectivity index (χ2v) is 9.15. The first kappa shape index (κ1) is 20.4. The lowest BCUT2D eigenvalue weighted by Crippen LogP contribution is -2.41. The van der Waals surface area contributed by atoms with Crippen molar-refractivity contribution in [2.24, 2.45) is 11.1 Å². The molecule has 3 N–H and O–H groups in total. The van der Waals surface area contributed by atoms with Crippen LogP contribution in [0.2, 0.25) is 0 Å². The number of hydrogen-bond acceptors (Lipinski definition) is 5. The number of nitrogens with two attached hydrogens (primary N) is 1. The molecule has 1 atom stereocenters. The number of primary sulfonamides is 1. The third-order valence-electron chi connectivity index (χ3n) is 4.99. The summed E-state index contributed by atoms with van der Waals surface area (Å²) in [6.07, 6.45) is 4.28. The van der Waals surface area contributed by atoms with Gasteiger partial charge in [0.15, 0.2) is 0 Å². The fourth-order valence-corrected chi connectivity index (χ4v) is 4.04. The highest BCUT2D eigenvalue weighted by Crippen LogP contribution is 2.35. The predicted molar refractivity (Wildman–Crippen MR) is 99.6 cm³/mol. The molecule has 0 spiro atoms. The van der Waals surface area contributed by atoms with Crippen LogP contribution in [0, 0.1) is 5.92 Å². The number of carbonyl (C=O) groups is 1. The fourth-order valence-electron chi connectivity index (χ4n) is 3.58. The van der Waals surface area contributed by atoms with Gasteiger partial charge in [0, 0.05) is 31.9 Å². The Morgan fingerprint density at radius 1 is 1.42 bits per heavy atom. The van der Waals surface area contributed by atoms with Gasteiger partial charge >= 0.3 is 6.09 Å². The number of sulfonamides is 1. The smallest absolute Gasteiger partial charge is 0.407 e. The van der Waals surface area contributed by atoms with Gasteiger partial charge in [-0.3, -0.25) is 0 Å². The number of nitrogens with zero attached hydrogens (tertiary/aromatic N) is 3. The molecule has 0 aliphatic carbocycles. The van der Waals surface area contributed by atoms with Crippen LogP contribution in [0.15, 0.2) is 23.2 Å². The number of hydrogen-bond donors (Lipinski definition) is 2. The summed E-state index contributed by atoms with van der Waals surface area (Å²) in [7, 11) is -1.82. The minimum Gasteiger partial charge on any atom is -0.465 e. The quantitative estimate of drug-likeness (QED) is 0.696. The van der Waals surface area contributed by atoms with E-state index in [1.54, 1.807) is 11.0 Å². The Hall–Kier alpha value is -1.87. The highest BCUT2D eigenvalue weighted by molar-refractivity contribution is 7.89. The highest BCUT2D eigenvalue weighted by atomic mass is 32.2. The van der Waals surface area contributed by atoms with Crippen LogP contribution in [-0.2, 0) is 10.0 Å². The molecule has 1 aromatic rings. The number of unbranched alkanes of at least 4 members (excludes halogenated alkanes) is 1. The van der Waals surface area contributed by atoms with Gasteiger partial charge in [-0.15, -0.1) is 0 Å². The van der Waals surface area contributed by atoms with Crippen LogP contribution in [0.4, 0.5) is 10.6 Å². The molecule has 146 valence electrons. The van der Waals surface area contributed by atoms with Crippen LogP contribution < -0.4 is 10.0 Å². The van der Waals surface area contributed by atoms with Gasteiger partial charge in [0.2, 0.25) is 10.0 Å². The van der Waals surface area contributed by atoms with E-state index in [9.17, 15) is 18.3 Å². The summed E-state index contributed by atoms with van der Waals surface area (Å²) < 4.78 is 22.5. The van der Waals surface area contributed by atoms with E-state index in [-0.39, 0.29) is 10.4 Å². The molecule has 1 fully saturated rings. The van der Waals surface area contributed by atoms with Crippen molar-refractivity contribution in [3.05, 3.63) is 18.3 Å². The molecule has 9 heteroatoms. The minimum absolute atomic E-state index is 0.00137. The van der Waals surface area contributed by atoms with Crippen molar-refractivity contribution in [1.29, 1.82) is 0 Å². The molecule has 1 aliphatic rings. The van der Waals surface area contributed by atoms with Gasteiger partial charge in [-0.25, -0.2) is 23.3 Å². The molecule has 1 aliphatic heterocycles. The number of rotatable bonds is 7. The molecule has 0 radical (unpaired) electrons. The number of carboxylic acid groups (broad SMARTS) is 1. The lowest BCUT2D eigenvalue weighted by Gasteiger charge is -2.28. The molecule has 1 aromatic heterocycles. The van der Waals surface area contributed by atoms with Crippen molar-refractivity contribution >= 4 is 21.9 Å². The molecule has 2 rings (SSSR count). The zero-order valence-corrected chi connectivity index (χ0v) is 16.4. The number of likely N-dealkylation sites (tertiary alicyclic amines) is 1. The van der Waals surface area contributed by atoms with Crippen molar-refractivity contribution in [2.45, 2.75) is 50.0 Å². The summed E-state index contributed by atoms with van der Waals surface area (Å²) >= 11 is 0. The zero-order chi connectivity index (χ0) is 19.5. The van der Waals surface area contributed by atoms with Crippen molar-refractivity contribution in [1.82, 2.24) is 9.88 Å². The monoisotopic (exact) mass is 384 g/mol. The first-order valence-corrected chi connectivity index (χ1v) is 10.3. The molecule has 26 heavy (non-hydrogen) atoms. The Labute approximate surface area is 155 Å². The van der Waals surface area contributed by atoms with Crippen LogP contribution >= 0.6 is 0 Å². The molecule has 8 nitrogen and oxygen atoms in total. The molecular formula is C17H28N4O4S. The summed E-state index contributed by atoms with van der Waals surface area (Å²) in [5.41, 5.74) is -0.289. The van der Waals surface area contributed by atoms with E-state index < -0.39 is 16.1 Å². The van der Waals surface area contributed by atoms with Crippen molar-refractivity contribution in [2.75, 3.05) is 25.0 Å². The average Bonchev–Trinajstić information content (AvgIpc) is 2.85. The van der Waals surface area contributed by atoms with E-state index in [1.165, 1.54) is 12.3 Å². The van der Waals surface area contributed by atoms with E-state index in [0.717, 1.165) is 32.2 Å². The van der Waals surface area contributed by atoms with Crippen LogP contribution in [0.1, 0.15) is 39.5 Å². The first-order valence-electron chi connectivity index (χ1n) is 8.71. The largest absolute Gasteiger partial charge is 0.465 e. The van der Waals surface area contributed by atoms with E-state index in [2.05, 4.69) is 4.98 Å². The number of pyridine rings is 1. The second-order valence-electron chi connectivity index (χ2n) is 7.59. The van der Waals surface area contributed by atoms with Crippen LogP contribution in [0.25, 0.3) is 0 Å². The first-order chi connectivity index (χ1) is 12.0. The van der Waals surface area contributed by atoms with Gasteiger partial charge in [0.25, 0.3) is 0 Å². The predicted octanol–water partition coefficient (Wildman–Crippen LogP) is 2.11. The maximum atomic E-state index is 11.3. The van der Waals surface area contributed by atoms with Crippen molar-refractivity contribution < 1.29 is 18.3 Å². The lowest BCUT2D eigenvalue weighted by atomic mass is 9.93. The zero-order valence-electron chi connectivity index (χ0n) is 15.6. The molecular weight excluding hydrogens is 356 g/mol. The van der Waals surface area contributed by atoms with Crippen LogP contribution in [0.3, 0.4) is 0 Å². The Morgan fingerprint density at radius 3 is 2.62 bits per heavy atom. The maximum absolute atomic E-state index is 11.3. The molecule has 0 saturated carbocycles. The van der Waals surface area contributed by atoms with Gasteiger partial charge < -0.3 is 14.9 Å². The molecule has 1 unspecified atom stereocenters. The van der Waals surface area contributed by atoms with E-state index in [4.69, 9.17) is 5.14 Å². The summed E-state index contributed by atoms with van der Waals surface area (Å²) in [5.74, 6) is 1.09. The van der Waals surface area contributed by atoms with Gasteiger partial charge in [-0.2, -0.15) is 0 Å². The van der Waals surface area contributed by atoms with E-state index >= 15 is 0 Å². The molecule has 1 saturated heterocycles. The van der Waals surface area contributed by atoms with Crippen molar-refractivity contribution in [3.63, 3.8) is 0 Å². The highest BCUT2D eigenvalue weighted by Gasteiger charge is 2.40. The van der Waals surface area contributed by atoms with E-state index in [1.807, 2.05) is 25.8 Å². The Morgan fingerprint density at radius 2 is 2.12 bits per heavy atom. The van der Waals surface area contributed by atoms with Gasteiger partial charge in [0.1, 0.15) is 10.7 Å². The average molecular weight is 385 g/mol. The second kappa shape index (κ2) is 7.79. The number of anilines is 1. The summed E-state index contributed by atoms with van der Waals surface area (Å²) in [5, 5.41) is 14.3. The molecule has 1 amide bonds. The lowest BCUT2D eigenvalue weighted by molar-refractivity contribution is 0.117. The summed E-state index contributed by atoms with van der Waals surface area (Å²) in [4.78, 5) is 18.9. The van der Waals surface area contributed by atoms with Gasteiger partial charge in [-0.1, -0.05) is 6.42 Å². The van der Waals surface area contributed by atoms with Crippen molar-refractivity contribution in [3.8, 4) is 0 Å². The Balaban J connectivity index is 1.77. The topological polar surface area (TPSA) is 117 Å². The maximum Gasteiger partial charge on any atom is 0.407 e. The number of aromatic nitrogens is 1. The Bertz CT molecular complexity index is 734. The molecule has 2 heterocycles. The Kier molecular flexibility index (Phi) is 6.13. The molecule has 0 aromatic carbocycles. The van der Waals surface area contributed by atoms with Gasteiger partial charge in [0.05, 0.1) is 0 Å². The minimum atomic E-state index is -3.72. The van der Waals surface area contributed by atoms with E-state index in [0.29, 0.717) is 18.3 Å².